The van der Waals surface area contributed by atoms with Crippen molar-refractivity contribution in [1.29, 1.82) is 0 Å². The van der Waals surface area contributed by atoms with E-state index in [1.807, 2.05) is 60.7 Å². The number of benzene rings is 3. The van der Waals surface area contributed by atoms with Crippen LogP contribution in [-0.4, -0.2) is 28.7 Å². The van der Waals surface area contributed by atoms with Crippen LogP contribution in [-0.2, 0) is 0 Å². The highest BCUT2D eigenvalue weighted by Gasteiger charge is 2.09. The summed E-state index contributed by atoms with van der Waals surface area (Å²) in [4.78, 5) is 20.4. The van der Waals surface area contributed by atoms with Gasteiger partial charge >= 0.3 is 0 Å². The average Bonchev–Trinajstić information content (AvgIpc) is 3.24. The van der Waals surface area contributed by atoms with Crippen molar-refractivity contribution in [2.45, 2.75) is 19.8 Å². The van der Waals surface area contributed by atoms with Gasteiger partial charge in [0.1, 0.15) is 11.6 Å². The quantitative estimate of drug-likeness (QED) is 0.238. The molecular formula is C25H24N4O2. The highest BCUT2D eigenvalue weighted by atomic mass is 16.5. The number of ether oxygens (including phenoxy) is 1. The summed E-state index contributed by atoms with van der Waals surface area (Å²) >= 11 is 0. The van der Waals surface area contributed by atoms with Crippen LogP contribution in [0.25, 0.3) is 22.4 Å². The van der Waals surface area contributed by atoms with Crippen LogP contribution in [0.3, 0.4) is 0 Å². The number of carbonyl (C=O) groups excluding carboxylic acids is 1. The summed E-state index contributed by atoms with van der Waals surface area (Å²) in [5.41, 5.74) is 6.53. The number of nitrogens with zero attached hydrogens (tertiary/aromatic N) is 2. The van der Waals surface area contributed by atoms with Gasteiger partial charge in [-0.2, -0.15) is 5.10 Å². The SMILES string of the molecule is CCCCOc1cccc(/C=N/NC(=O)c2ccc3nc(-c4ccccc4)[nH]c3c2)c1. The number of hydrogen-bond donors (Lipinski definition) is 2. The van der Waals surface area contributed by atoms with Crippen LogP contribution in [0.15, 0.2) is 77.9 Å². The van der Waals surface area contributed by atoms with Crippen molar-refractivity contribution < 1.29 is 9.53 Å². The largest absolute Gasteiger partial charge is 0.494 e. The van der Waals surface area contributed by atoms with Crippen molar-refractivity contribution >= 4 is 23.2 Å². The molecule has 6 nitrogen and oxygen atoms in total. The molecule has 0 atom stereocenters. The Morgan fingerprint density at radius 1 is 1.10 bits per heavy atom. The number of amides is 1. The Balaban J connectivity index is 1.42. The first-order valence-corrected chi connectivity index (χ1v) is 10.3. The predicted molar refractivity (Wildman–Crippen MR) is 123 cm³/mol. The minimum Gasteiger partial charge on any atom is -0.494 e. The first-order chi connectivity index (χ1) is 15.2. The third-order valence-corrected chi connectivity index (χ3v) is 4.80. The molecule has 31 heavy (non-hydrogen) atoms. The third kappa shape index (κ3) is 5.17. The molecule has 1 amide bonds. The molecule has 1 heterocycles. The molecule has 6 heteroatoms. The molecule has 0 unspecified atom stereocenters. The van der Waals surface area contributed by atoms with E-state index in [9.17, 15) is 4.79 Å². The molecule has 0 saturated heterocycles. The van der Waals surface area contributed by atoms with Crippen LogP contribution in [0.4, 0.5) is 0 Å². The first-order valence-electron chi connectivity index (χ1n) is 10.3. The van der Waals surface area contributed by atoms with Gasteiger partial charge in [-0.1, -0.05) is 55.8 Å². The van der Waals surface area contributed by atoms with E-state index in [1.165, 1.54) is 0 Å². The average molecular weight is 412 g/mol. The van der Waals surface area contributed by atoms with Gasteiger partial charge in [0.2, 0.25) is 0 Å². The number of aromatic amines is 1. The van der Waals surface area contributed by atoms with Crippen molar-refractivity contribution in [3.8, 4) is 17.1 Å². The van der Waals surface area contributed by atoms with E-state index in [-0.39, 0.29) is 5.91 Å². The van der Waals surface area contributed by atoms with Gasteiger partial charge in [0, 0.05) is 11.1 Å². The number of hydrogen-bond acceptors (Lipinski definition) is 4. The second kappa shape index (κ2) is 9.71. The van der Waals surface area contributed by atoms with Crippen molar-refractivity contribution in [2.75, 3.05) is 6.61 Å². The summed E-state index contributed by atoms with van der Waals surface area (Å²) < 4.78 is 5.70. The molecule has 2 N–H and O–H groups in total. The molecule has 0 aliphatic heterocycles. The van der Waals surface area contributed by atoms with Gasteiger partial charge in [-0.05, 0) is 42.3 Å². The van der Waals surface area contributed by atoms with Crippen LogP contribution < -0.4 is 10.2 Å². The van der Waals surface area contributed by atoms with Crippen molar-refractivity contribution in [2.24, 2.45) is 5.10 Å². The summed E-state index contributed by atoms with van der Waals surface area (Å²) in [6, 6.07) is 22.8. The van der Waals surface area contributed by atoms with E-state index in [4.69, 9.17) is 4.74 Å². The Bertz CT molecular complexity index is 1200. The smallest absolute Gasteiger partial charge is 0.271 e. The van der Waals surface area contributed by atoms with E-state index in [0.29, 0.717) is 12.2 Å². The number of imidazole rings is 1. The molecule has 0 aliphatic rings. The minimum absolute atomic E-state index is 0.288. The number of hydrazone groups is 1. The zero-order chi connectivity index (χ0) is 21.5. The van der Waals surface area contributed by atoms with Gasteiger partial charge in [0.05, 0.1) is 23.9 Å². The van der Waals surface area contributed by atoms with E-state index in [2.05, 4.69) is 27.4 Å². The standard InChI is InChI=1S/C25H24N4O2/c1-2-3-14-31-21-11-7-8-18(15-21)17-26-29-25(30)20-12-13-22-23(16-20)28-24(27-22)19-9-5-4-6-10-19/h4-13,15-17H,2-3,14H2,1H3,(H,27,28)(H,29,30)/b26-17+. The topological polar surface area (TPSA) is 79.4 Å². The van der Waals surface area contributed by atoms with Gasteiger partial charge < -0.3 is 9.72 Å². The summed E-state index contributed by atoms with van der Waals surface area (Å²) in [5, 5.41) is 4.08. The molecular weight excluding hydrogens is 388 g/mol. The van der Waals surface area contributed by atoms with Gasteiger partial charge in [-0.25, -0.2) is 10.4 Å². The Morgan fingerprint density at radius 2 is 1.97 bits per heavy atom. The fourth-order valence-corrected chi connectivity index (χ4v) is 3.13. The molecule has 156 valence electrons. The first kappa shape index (κ1) is 20.3. The monoisotopic (exact) mass is 412 g/mol. The highest BCUT2D eigenvalue weighted by molar-refractivity contribution is 5.98. The molecule has 0 saturated carbocycles. The number of nitrogens with one attached hydrogen (secondary N) is 2. The second-order valence-corrected chi connectivity index (χ2v) is 7.16. The fraction of sp³-hybridized carbons (Fsp3) is 0.160. The Kier molecular flexibility index (Phi) is 6.38. The maximum atomic E-state index is 12.5. The van der Waals surface area contributed by atoms with Crippen LogP contribution in [0.2, 0.25) is 0 Å². The number of H-pyrrole nitrogens is 1. The number of carbonyl (C=O) groups is 1. The third-order valence-electron chi connectivity index (χ3n) is 4.80. The van der Waals surface area contributed by atoms with Gasteiger partial charge in [-0.15, -0.1) is 0 Å². The summed E-state index contributed by atoms with van der Waals surface area (Å²) in [6.45, 7) is 2.82. The zero-order valence-electron chi connectivity index (χ0n) is 17.3. The maximum Gasteiger partial charge on any atom is 0.271 e. The van der Waals surface area contributed by atoms with Crippen molar-refractivity contribution in [1.82, 2.24) is 15.4 Å². The summed E-state index contributed by atoms with van der Waals surface area (Å²) in [7, 11) is 0. The number of unbranched alkanes of at least 4 members (excludes halogenated alkanes) is 1. The van der Waals surface area contributed by atoms with Crippen molar-refractivity contribution in [3.63, 3.8) is 0 Å². The van der Waals surface area contributed by atoms with Crippen LogP contribution >= 0.6 is 0 Å². The number of rotatable bonds is 8. The molecule has 0 spiro atoms. The lowest BCUT2D eigenvalue weighted by Crippen LogP contribution is -2.17. The summed E-state index contributed by atoms with van der Waals surface area (Å²) in [5.74, 6) is 1.28. The highest BCUT2D eigenvalue weighted by Crippen LogP contribution is 2.21. The van der Waals surface area contributed by atoms with E-state index >= 15 is 0 Å². The van der Waals surface area contributed by atoms with Crippen LogP contribution in [0.5, 0.6) is 5.75 Å². The molecule has 0 radical (unpaired) electrons. The van der Waals surface area contributed by atoms with E-state index < -0.39 is 0 Å². The van der Waals surface area contributed by atoms with Crippen molar-refractivity contribution in [3.05, 3.63) is 83.9 Å². The maximum absolute atomic E-state index is 12.5. The zero-order valence-corrected chi connectivity index (χ0v) is 17.3. The molecule has 0 bridgehead atoms. The molecule has 1 aromatic heterocycles. The van der Waals surface area contributed by atoms with Crippen LogP contribution in [0, 0.1) is 0 Å². The van der Waals surface area contributed by atoms with Gasteiger partial charge in [0.15, 0.2) is 0 Å². The van der Waals surface area contributed by atoms with E-state index in [1.54, 1.807) is 18.3 Å². The predicted octanol–water partition coefficient (Wildman–Crippen LogP) is 5.17. The minimum atomic E-state index is -0.288. The summed E-state index contributed by atoms with van der Waals surface area (Å²) in [6.07, 6.45) is 3.71. The second-order valence-electron chi connectivity index (χ2n) is 7.16. The molecule has 4 rings (SSSR count). The Morgan fingerprint density at radius 3 is 2.81 bits per heavy atom. The molecule has 4 aromatic rings. The fourth-order valence-electron chi connectivity index (χ4n) is 3.13. The number of aromatic nitrogens is 2. The van der Waals surface area contributed by atoms with Gasteiger partial charge in [0.25, 0.3) is 5.91 Å². The Hall–Kier alpha value is -3.93. The van der Waals surface area contributed by atoms with E-state index in [0.717, 1.165) is 46.6 Å². The molecule has 3 aromatic carbocycles. The molecule has 0 aliphatic carbocycles. The molecule has 0 fully saturated rings. The lowest BCUT2D eigenvalue weighted by atomic mass is 10.2. The lowest BCUT2D eigenvalue weighted by molar-refractivity contribution is 0.0955. The normalized spacial score (nSPS) is 11.1. The van der Waals surface area contributed by atoms with Crippen LogP contribution in [0.1, 0.15) is 35.7 Å². The lowest BCUT2D eigenvalue weighted by Gasteiger charge is -2.05. The number of fused-ring (bicyclic) bond motifs is 1. The Labute approximate surface area is 181 Å². The van der Waals surface area contributed by atoms with Gasteiger partial charge in [-0.3, -0.25) is 4.79 Å².